The monoisotopic (exact) mass is 426 g/mol. The molecule has 1 heterocycles. The molecule has 1 aromatic heterocycles. The number of rotatable bonds is 8. The van der Waals surface area contributed by atoms with Crippen molar-refractivity contribution in [2.24, 2.45) is 0 Å². The van der Waals surface area contributed by atoms with Crippen LogP contribution in [0.1, 0.15) is 20.1 Å². The van der Waals surface area contributed by atoms with E-state index < -0.39 is 6.03 Å². The SMILES string of the molecule is COc1cc(NC(=O)NCc2ccc(C(=O)c3ccccc3)s2)cc(OC)c1OC. The Balaban J connectivity index is 1.62. The van der Waals surface area contributed by atoms with E-state index in [-0.39, 0.29) is 5.78 Å². The second-order valence-corrected chi connectivity index (χ2v) is 7.35. The fourth-order valence-electron chi connectivity index (χ4n) is 2.82. The van der Waals surface area contributed by atoms with Gasteiger partial charge in [0.2, 0.25) is 11.5 Å². The molecule has 30 heavy (non-hydrogen) atoms. The van der Waals surface area contributed by atoms with Gasteiger partial charge in [-0.3, -0.25) is 4.79 Å². The van der Waals surface area contributed by atoms with Crippen molar-refractivity contribution >= 4 is 28.8 Å². The third-order valence-electron chi connectivity index (χ3n) is 4.27. The molecule has 2 N–H and O–H groups in total. The molecule has 7 nitrogen and oxygen atoms in total. The van der Waals surface area contributed by atoms with Crippen molar-refractivity contribution in [1.82, 2.24) is 5.32 Å². The lowest BCUT2D eigenvalue weighted by Crippen LogP contribution is -2.27. The molecule has 3 aromatic rings. The summed E-state index contributed by atoms with van der Waals surface area (Å²) in [7, 11) is 4.52. The van der Waals surface area contributed by atoms with Crippen LogP contribution in [0.3, 0.4) is 0 Å². The second-order valence-electron chi connectivity index (χ2n) is 6.18. The van der Waals surface area contributed by atoms with Crippen LogP contribution in [0, 0.1) is 0 Å². The van der Waals surface area contributed by atoms with Gasteiger partial charge in [-0.05, 0) is 12.1 Å². The third-order valence-corrected chi connectivity index (χ3v) is 5.35. The number of ether oxygens (including phenoxy) is 3. The Hall–Kier alpha value is -3.52. The van der Waals surface area contributed by atoms with E-state index in [4.69, 9.17) is 14.2 Å². The lowest BCUT2D eigenvalue weighted by molar-refractivity contribution is 0.104. The van der Waals surface area contributed by atoms with Crippen LogP contribution in [0.4, 0.5) is 10.5 Å². The summed E-state index contributed by atoms with van der Waals surface area (Å²) in [4.78, 5) is 26.3. The van der Waals surface area contributed by atoms with E-state index in [9.17, 15) is 9.59 Å². The van der Waals surface area contributed by atoms with Gasteiger partial charge in [0, 0.05) is 22.6 Å². The predicted molar refractivity (Wildman–Crippen MR) is 116 cm³/mol. The van der Waals surface area contributed by atoms with Crippen molar-refractivity contribution in [3.05, 3.63) is 69.9 Å². The molecular formula is C22H22N2O5S. The van der Waals surface area contributed by atoms with E-state index in [1.165, 1.54) is 32.7 Å². The Kier molecular flexibility index (Phi) is 6.92. The van der Waals surface area contributed by atoms with E-state index >= 15 is 0 Å². The van der Waals surface area contributed by atoms with Gasteiger partial charge in [0.15, 0.2) is 11.5 Å². The fraction of sp³-hybridized carbons (Fsp3) is 0.182. The van der Waals surface area contributed by atoms with E-state index in [1.807, 2.05) is 24.3 Å². The number of hydrogen-bond acceptors (Lipinski definition) is 6. The van der Waals surface area contributed by atoms with Gasteiger partial charge in [-0.15, -0.1) is 11.3 Å². The lowest BCUT2D eigenvalue weighted by Gasteiger charge is -2.14. The Morgan fingerprint density at radius 3 is 2.17 bits per heavy atom. The maximum Gasteiger partial charge on any atom is 0.319 e. The van der Waals surface area contributed by atoms with Crippen molar-refractivity contribution in [3.8, 4) is 17.2 Å². The molecule has 2 amide bonds. The maximum atomic E-state index is 12.5. The highest BCUT2D eigenvalue weighted by molar-refractivity contribution is 7.14. The number of benzene rings is 2. The van der Waals surface area contributed by atoms with Gasteiger partial charge in [-0.25, -0.2) is 4.79 Å². The highest BCUT2D eigenvalue weighted by Crippen LogP contribution is 2.39. The first-order chi connectivity index (χ1) is 14.5. The fourth-order valence-corrected chi connectivity index (χ4v) is 3.73. The van der Waals surface area contributed by atoms with Crippen molar-refractivity contribution < 1.29 is 23.8 Å². The highest BCUT2D eigenvalue weighted by Gasteiger charge is 2.15. The third kappa shape index (κ3) is 4.90. The van der Waals surface area contributed by atoms with Gasteiger partial charge in [0.1, 0.15) is 0 Å². The molecule has 0 fully saturated rings. The van der Waals surface area contributed by atoms with Gasteiger partial charge < -0.3 is 24.8 Å². The van der Waals surface area contributed by atoms with Crippen molar-refractivity contribution in [1.29, 1.82) is 0 Å². The number of thiophene rings is 1. The molecule has 0 aliphatic rings. The average Bonchev–Trinajstić information content (AvgIpc) is 3.26. The number of nitrogens with one attached hydrogen (secondary N) is 2. The summed E-state index contributed by atoms with van der Waals surface area (Å²) in [6, 6.07) is 15.6. The molecule has 3 rings (SSSR count). The minimum absolute atomic E-state index is 0.0336. The molecule has 0 radical (unpaired) electrons. The Labute approximate surface area is 178 Å². The van der Waals surface area contributed by atoms with Crippen molar-refractivity contribution in [2.75, 3.05) is 26.6 Å². The van der Waals surface area contributed by atoms with Crippen LogP contribution in [-0.2, 0) is 6.54 Å². The van der Waals surface area contributed by atoms with Crippen LogP contribution in [-0.4, -0.2) is 33.1 Å². The zero-order chi connectivity index (χ0) is 21.5. The number of urea groups is 1. The van der Waals surface area contributed by atoms with Crippen LogP contribution in [0.5, 0.6) is 17.2 Å². The maximum absolute atomic E-state index is 12.5. The normalized spacial score (nSPS) is 10.2. The second kappa shape index (κ2) is 9.80. The molecule has 0 bridgehead atoms. The number of methoxy groups -OCH3 is 3. The van der Waals surface area contributed by atoms with Crippen LogP contribution in [0.2, 0.25) is 0 Å². The summed E-state index contributed by atoms with van der Waals surface area (Å²) in [6.07, 6.45) is 0. The van der Waals surface area contributed by atoms with Crippen LogP contribution < -0.4 is 24.8 Å². The number of anilines is 1. The molecule has 0 aliphatic heterocycles. The van der Waals surface area contributed by atoms with E-state index in [0.717, 1.165) is 4.88 Å². The molecule has 2 aromatic carbocycles. The Bertz CT molecular complexity index is 1010. The first-order valence-corrected chi connectivity index (χ1v) is 9.90. The number of hydrogen-bond donors (Lipinski definition) is 2. The molecular weight excluding hydrogens is 404 g/mol. The molecule has 0 saturated heterocycles. The topological polar surface area (TPSA) is 85.9 Å². The van der Waals surface area contributed by atoms with Gasteiger partial charge in [0.05, 0.1) is 38.4 Å². The quantitative estimate of drug-likeness (QED) is 0.524. The summed E-state index contributed by atoms with van der Waals surface area (Å²) in [5.41, 5.74) is 1.13. The van der Waals surface area contributed by atoms with Crippen LogP contribution >= 0.6 is 11.3 Å². The zero-order valence-electron chi connectivity index (χ0n) is 16.9. The first kappa shape index (κ1) is 21.2. The summed E-state index contributed by atoms with van der Waals surface area (Å²) < 4.78 is 15.8. The van der Waals surface area contributed by atoms with Crippen LogP contribution in [0.15, 0.2) is 54.6 Å². The average molecular weight is 426 g/mol. The molecule has 0 spiro atoms. The number of amides is 2. The summed E-state index contributed by atoms with van der Waals surface area (Å²) in [5.74, 6) is 1.29. The lowest BCUT2D eigenvalue weighted by atomic mass is 10.1. The number of ketones is 1. The van der Waals surface area contributed by atoms with E-state index in [1.54, 1.807) is 30.3 Å². The predicted octanol–water partition coefficient (Wildman–Crippen LogP) is 4.33. The first-order valence-electron chi connectivity index (χ1n) is 9.09. The number of carbonyl (C=O) groups excluding carboxylic acids is 2. The largest absolute Gasteiger partial charge is 0.493 e. The Morgan fingerprint density at radius 2 is 1.57 bits per heavy atom. The van der Waals surface area contributed by atoms with E-state index in [0.29, 0.717) is 39.9 Å². The van der Waals surface area contributed by atoms with Crippen molar-refractivity contribution in [2.45, 2.75) is 6.54 Å². The van der Waals surface area contributed by atoms with Gasteiger partial charge in [0.25, 0.3) is 0 Å². The highest BCUT2D eigenvalue weighted by atomic mass is 32.1. The molecule has 0 saturated carbocycles. The van der Waals surface area contributed by atoms with Crippen molar-refractivity contribution in [3.63, 3.8) is 0 Å². The summed E-state index contributed by atoms with van der Waals surface area (Å²) in [5, 5.41) is 5.52. The number of carbonyl (C=O) groups is 2. The minimum atomic E-state index is -0.395. The molecule has 0 atom stereocenters. The molecule has 8 heteroatoms. The van der Waals surface area contributed by atoms with Gasteiger partial charge in [-0.2, -0.15) is 0 Å². The Morgan fingerprint density at radius 1 is 0.900 bits per heavy atom. The van der Waals surface area contributed by atoms with Gasteiger partial charge in [-0.1, -0.05) is 30.3 Å². The summed E-state index contributed by atoms with van der Waals surface area (Å²) in [6.45, 7) is 0.295. The van der Waals surface area contributed by atoms with Crippen LogP contribution in [0.25, 0.3) is 0 Å². The molecule has 0 unspecified atom stereocenters. The smallest absolute Gasteiger partial charge is 0.319 e. The van der Waals surface area contributed by atoms with E-state index in [2.05, 4.69) is 10.6 Å². The zero-order valence-corrected chi connectivity index (χ0v) is 17.7. The molecule has 0 aliphatic carbocycles. The standard InChI is InChI=1S/C22H22N2O5S/c1-27-17-11-15(12-18(28-2)21(17)29-3)24-22(26)23-13-16-9-10-19(30-16)20(25)14-7-5-4-6-8-14/h4-12H,13H2,1-3H3,(H2,23,24,26). The minimum Gasteiger partial charge on any atom is -0.493 e. The molecule has 156 valence electrons. The summed E-state index contributed by atoms with van der Waals surface area (Å²) >= 11 is 1.35. The van der Waals surface area contributed by atoms with Gasteiger partial charge >= 0.3 is 6.03 Å².